The molecule has 1 aromatic carbocycles. The summed E-state index contributed by atoms with van der Waals surface area (Å²) in [5, 5.41) is 18.8. The summed E-state index contributed by atoms with van der Waals surface area (Å²) in [5.41, 5.74) is -0.913. The number of carbonyl (C=O) groups is 1. The molecule has 1 heterocycles. The molecule has 1 aliphatic rings. The molecule has 0 saturated carbocycles. The maximum atomic E-state index is 13.4. The number of aromatic hydroxyl groups is 1. The number of aliphatic hydroxyl groups is 1. The van der Waals surface area contributed by atoms with Crippen LogP contribution in [-0.4, -0.2) is 39.7 Å². The summed E-state index contributed by atoms with van der Waals surface area (Å²) in [6, 6.07) is 3.41. The predicted molar refractivity (Wildman–Crippen MR) is 59.2 cm³/mol. The Kier molecular flexibility index (Phi) is 2.79. The smallest absolute Gasteiger partial charge is 0.257 e. The van der Waals surface area contributed by atoms with Gasteiger partial charge in [0, 0.05) is 6.07 Å². The summed E-state index contributed by atoms with van der Waals surface area (Å²) < 4.78 is 13.4. The van der Waals surface area contributed by atoms with Gasteiger partial charge in [0.2, 0.25) is 0 Å². The highest BCUT2D eigenvalue weighted by molar-refractivity contribution is 5.95. The number of halogens is 1. The average Bonchev–Trinajstić information content (AvgIpc) is 2.24. The molecule has 0 aromatic heterocycles. The molecular formula is C12H14FNO3. The van der Waals surface area contributed by atoms with Gasteiger partial charge < -0.3 is 15.1 Å². The van der Waals surface area contributed by atoms with Gasteiger partial charge in [-0.1, -0.05) is 6.92 Å². The molecule has 0 aliphatic carbocycles. The lowest BCUT2D eigenvalue weighted by atomic mass is 9.90. The number of phenols is 1. The molecule has 0 spiro atoms. The fourth-order valence-corrected chi connectivity index (χ4v) is 1.88. The van der Waals surface area contributed by atoms with Crippen LogP contribution in [0.5, 0.6) is 5.75 Å². The molecule has 92 valence electrons. The van der Waals surface area contributed by atoms with Crippen LogP contribution in [0.15, 0.2) is 18.2 Å². The largest absolute Gasteiger partial charge is 0.508 e. The molecule has 1 amide bonds. The van der Waals surface area contributed by atoms with E-state index in [4.69, 9.17) is 5.11 Å². The van der Waals surface area contributed by atoms with Gasteiger partial charge in [-0.15, -0.1) is 0 Å². The summed E-state index contributed by atoms with van der Waals surface area (Å²) >= 11 is 0. The summed E-state index contributed by atoms with van der Waals surface area (Å²) in [5.74, 6) is -1.42. The highest BCUT2D eigenvalue weighted by Gasteiger charge is 2.42. The van der Waals surface area contributed by atoms with E-state index < -0.39 is 17.3 Å². The van der Waals surface area contributed by atoms with Crippen molar-refractivity contribution in [3.8, 4) is 5.75 Å². The van der Waals surface area contributed by atoms with Crippen molar-refractivity contribution in [1.82, 2.24) is 4.90 Å². The summed E-state index contributed by atoms with van der Waals surface area (Å²) in [6.45, 7) is 2.29. The summed E-state index contributed by atoms with van der Waals surface area (Å²) in [7, 11) is 0. The van der Waals surface area contributed by atoms with Gasteiger partial charge in [-0.3, -0.25) is 4.79 Å². The zero-order valence-corrected chi connectivity index (χ0v) is 9.48. The van der Waals surface area contributed by atoms with Gasteiger partial charge >= 0.3 is 0 Å². The standard InChI is InChI=1S/C12H14FNO3/c1-2-12(17)6-14(7-12)11(16)9-4-3-8(15)5-10(9)13/h3-5,15,17H,2,6-7H2,1H3. The Bertz CT molecular complexity index is 455. The van der Waals surface area contributed by atoms with E-state index in [0.29, 0.717) is 6.42 Å². The first kappa shape index (κ1) is 11.9. The van der Waals surface area contributed by atoms with E-state index in [-0.39, 0.29) is 24.4 Å². The van der Waals surface area contributed by atoms with Crippen LogP contribution in [0, 0.1) is 5.82 Å². The second-order valence-corrected chi connectivity index (χ2v) is 4.40. The number of benzene rings is 1. The second kappa shape index (κ2) is 4.00. The van der Waals surface area contributed by atoms with Gasteiger partial charge in [-0.25, -0.2) is 4.39 Å². The molecule has 0 radical (unpaired) electrons. The van der Waals surface area contributed by atoms with Crippen LogP contribution in [0.2, 0.25) is 0 Å². The van der Waals surface area contributed by atoms with Crippen molar-refractivity contribution in [2.24, 2.45) is 0 Å². The number of nitrogens with zero attached hydrogens (tertiary/aromatic N) is 1. The minimum atomic E-state index is -0.830. The molecule has 1 saturated heterocycles. The third-order valence-corrected chi connectivity index (χ3v) is 3.10. The van der Waals surface area contributed by atoms with E-state index in [1.807, 2.05) is 6.92 Å². The van der Waals surface area contributed by atoms with E-state index in [2.05, 4.69) is 0 Å². The zero-order chi connectivity index (χ0) is 12.6. The second-order valence-electron chi connectivity index (χ2n) is 4.40. The van der Waals surface area contributed by atoms with Crippen molar-refractivity contribution in [2.75, 3.05) is 13.1 Å². The summed E-state index contributed by atoms with van der Waals surface area (Å²) in [4.78, 5) is 13.2. The Morgan fingerprint density at radius 1 is 1.53 bits per heavy atom. The SMILES string of the molecule is CCC1(O)CN(C(=O)c2ccc(O)cc2F)C1. The number of hydrogen-bond donors (Lipinski definition) is 2. The van der Waals surface area contributed by atoms with Crippen LogP contribution in [0.4, 0.5) is 4.39 Å². The van der Waals surface area contributed by atoms with Crippen molar-refractivity contribution in [3.05, 3.63) is 29.6 Å². The van der Waals surface area contributed by atoms with Crippen molar-refractivity contribution < 1.29 is 19.4 Å². The lowest BCUT2D eigenvalue weighted by molar-refractivity contribution is -0.0827. The van der Waals surface area contributed by atoms with Crippen LogP contribution >= 0.6 is 0 Å². The predicted octanol–water partition coefficient (Wildman–Crippen LogP) is 1.13. The molecule has 0 bridgehead atoms. The number of carbonyl (C=O) groups excluding carboxylic acids is 1. The Labute approximate surface area is 98.3 Å². The first-order chi connectivity index (χ1) is 7.95. The van der Waals surface area contributed by atoms with E-state index in [1.54, 1.807) is 0 Å². The molecule has 2 rings (SSSR count). The number of phenolic OH excluding ortho intramolecular Hbond substituents is 1. The first-order valence-corrected chi connectivity index (χ1v) is 5.45. The van der Waals surface area contributed by atoms with Crippen LogP contribution in [0.3, 0.4) is 0 Å². The fraction of sp³-hybridized carbons (Fsp3) is 0.417. The lowest BCUT2D eigenvalue weighted by Gasteiger charge is -2.46. The highest BCUT2D eigenvalue weighted by atomic mass is 19.1. The summed E-state index contributed by atoms with van der Waals surface area (Å²) in [6.07, 6.45) is 0.564. The quantitative estimate of drug-likeness (QED) is 0.813. The minimum Gasteiger partial charge on any atom is -0.508 e. The van der Waals surface area contributed by atoms with Gasteiger partial charge in [-0.05, 0) is 18.6 Å². The Morgan fingerprint density at radius 3 is 2.71 bits per heavy atom. The van der Waals surface area contributed by atoms with E-state index in [0.717, 1.165) is 6.07 Å². The molecule has 4 nitrogen and oxygen atoms in total. The first-order valence-electron chi connectivity index (χ1n) is 5.45. The van der Waals surface area contributed by atoms with E-state index >= 15 is 0 Å². The molecule has 1 aliphatic heterocycles. The number of β-amino-alcohol motifs (C(OH)–C–C–N with tert-alkyl or cyclic N) is 1. The molecule has 1 fully saturated rings. The van der Waals surface area contributed by atoms with Crippen molar-refractivity contribution in [2.45, 2.75) is 18.9 Å². The van der Waals surface area contributed by atoms with Gasteiger partial charge in [0.1, 0.15) is 11.6 Å². The van der Waals surface area contributed by atoms with E-state index in [9.17, 15) is 14.3 Å². The molecule has 1 aromatic rings. The van der Waals surface area contributed by atoms with Crippen LogP contribution in [0.25, 0.3) is 0 Å². The number of rotatable bonds is 2. The maximum absolute atomic E-state index is 13.4. The molecule has 2 N–H and O–H groups in total. The number of hydrogen-bond acceptors (Lipinski definition) is 3. The topological polar surface area (TPSA) is 60.8 Å². The van der Waals surface area contributed by atoms with E-state index in [1.165, 1.54) is 17.0 Å². The van der Waals surface area contributed by atoms with Crippen LogP contribution < -0.4 is 0 Å². The normalized spacial score (nSPS) is 17.7. The average molecular weight is 239 g/mol. The fourth-order valence-electron chi connectivity index (χ4n) is 1.88. The lowest BCUT2D eigenvalue weighted by Crippen LogP contribution is -2.63. The third-order valence-electron chi connectivity index (χ3n) is 3.10. The highest BCUT2D eigenvalue weighted by Crippen LogP contribution is 2.27. The maximum Gasteiger partial charge on any atom is 0.257 e. The van der Waals surface area contributed by atoms with Crippen molar-refractivity contribution in [1.29, 1.82) is 0 Å². The Balaban J connectivity index is 2.12. The Morgan fingerprint density at radius 2 is 2.18 bits per heavy atom. The molecular weight excluding hydrogens is 225 g/mol. The number of likely N-dealkylation sites (tertiary alicyclic amines) is 1. The molecule has 0 atom stereocenters. The van der Waals surface area contributed by atoms with Crippen LogP contribution in [0.1, 0.15) is 23.7 Å². The minimum absolute atomic E-state index is 0.0825. The molecule has 17 heavy (non-hydrogen) atoms. The molecule has 5 heteroatoms. The van der Waals surface area contributed by atoms with Gasteiger partial charge in [0.15, 0.2) is 0 Å². The van der Waals surface area contributed by atoms with Gasteiger partial charge in [-0.2, -0.15) is 0 Å². The third kappa shape index (κ3) is 2.10. The van der Waals surface area contributed by atoms with Crippen molar-refractivity contribution >= 4 is 5.91 Å². The monoisotopic (exact) mass is 239 g/mol. The van der Waals surface area contributed by atoms with Crippen molar-refractivity contribution in [3.63, 3.8) is 0 Å². The van der Waals surface area contributed by atoms with Crippen LogP contribution in [-0.2, 0) is 0 Å². The van der Waals surface area contributed by atoms with Gasteiger partial charge in [0.05, 0.1) is 24.3 Å². The molecule has 0 unspecified atom stereocenters. The Hall–Kier alpha value is -1.62. The van der Waals surface area contributed by atoms with Gasteiger partial charge in [0.25, 0.3) is 5.91 Å². The zero-order valence-electron chi connectivity index (χ0n) is 9.48. The number of amides is 1.